The third-order valence-electron chi connectivity index (χ3n) is 2.49. The van der Waals surface area contributed by atoms with E-state index in [9.17, 15) is 19.2 Å². The Morgan fingerprint density at radius 2 is 1.43 bits per heavy atom. The molecule has 0 aliphatic carbocycles. The maximum Gasteiger partial charge on any atom is 0.309 e. The number of rotatable bonds is 9. The fraction of sp³-hybridized carbons (Fsp3) is 0.357. The lowest BCUT2D eigenvalue weighted by molar-refractivity contribution is -0.191. The van der Waals surface area contributed by atoms with Crippen LogP contribution in [0.5, 0.6) is 0 Å². The van der Waals surface area contributed by atoms with Crippen LogP contribution in [0.15, 0.2) is 24.4 Å². The highest BCUT2D eigenvalue weighted by atomic mass is 16.7. The smallest absolute Gasteiger partial charge is 0.309 e. The van der Waals surface area contributed by atoms with Crippen LogP contribution in [-0.2, 0) is 28.7 Å². The molecule has 0 amide bonds. The van der Waals surface area contributed by atoms with E-state index in [1.54, 1.807) is 12.1 Å². The Hall–Kier alpha value is -2.97. The van der Waals surface area contributed by atoms with Gasteiger partial charge in [0, 0.05) is 6.20 Å². The molecule has 0 aromatic carbocycles. The van der Waals surface area contributed by atoms with Gasteiger partial charge in [0.1, 0.15) is 5.69 Å². The van der Waals surface area contributed by atoms with Gasteiger partial charge in [-0.1, -0.05) is 6.07 Å². The maximum absolute atomic E-state index is 11.6. The predicted molar refractivity (Wildman–Crippen MR) is 72.9 cm³/mol. The van der Waals surface area contributed by atoms with E-state index >= 15 is 0 Å². The van der Waals surface area contributed by atoms with Crippen molar-refractivity contribution in [2.45, 2.75) is 32.0 Å². The first-order valence-electron chi connectivity index (χ1n) is 6.62. The van der Waals surface area contributed by atoms with Gasteiger partial charge in [0.05, 0.1) is 25.7 Å². The monoisotopic (exact) mass is 325 g/mol. The van der Waals surface area contributed by atoms with Crippen LogP contribution < -0.4 is 0 Å². The van der Waals surface area contributed by atoms with Crippen molar-refractivity contribution < 1.29 is 38.9 Å². The van der Waals surface area contributed by atoms with E-state index in [-0.39, 0.29) is 5.69 Å². The summed E-state index contributed by atoms with van der Waals surface area (Å²) in [7, 11) is 0. The topological polar surface area (TPSA) is 140 Å². The Kier molecular flexibility index (Phi) is 7.18. The molecule has 1 aromatic rings. The highest BCUT2D eigenvalue weighted by molar-refractivity contribution is 5.78. The van der Waals surface area contributed by atoms with Crippen LogP contribution in [0.25, 0.3) is 0 Å². The second-order valence-electron chi connectivity index (χ2n) is 4.35. The molecule has 0 radical (unpaired) electrons. The molecule has 0 aliphatic heterocycles. The van der Waals surface area contributed by atoms with Gasteiger partial charge >= 0.3 is 23.9 Å². The van der Waals surface area contributed by atoms with Gasteiger partial charge in [-0.15, -0.1) is 0 Å². The van der Waals surface area contributed by atoms with Crippen molar-refractivity contribution in [1.29, 1.82) is 0 Å². The van der Waals surface area contributed by atoms with Crippen LogP contribution in [0.2, 0.25) is 0 Å². The molecule has 1 heterocycles. The molecule has 0 unspecified atom stereocenters. The molecule has 0 atom stereocenters. The molecule has 1 rings (SSSR count). The Balaban J connectivity index is 2.70. The van der Waals surface area contributed by atoms with Gasteiger partial charge in [-0.3, -0.25) is 24.2 Å². The summed E-state index contributed by atoms with van der Waals surface area (Å²) in [4.78, 5) is 47.9. The van der Waals surface area contributed by atoms with Gasteiger partial charge in [-0.2, -0.15) is 0 Å². The van der Waals surface area contributed by atoms with Crippen LogP contribution in [0, 0.1) is 0 Å². The third kappa shape index (κ3) is 7.55. The zero-order chi connectivity index (χ0) is 17.2. The van der Waals surface area contributed by atoms with E-state index < -0.39 is 55.9 Å². The van der Waals surface area contributed by atoms with Gasteiger partial charge in [-0.25, -0.2) is 0 Å². The Labute approximate surface area is 130 Å². The van der Waals surface area contributed by atoms with Crippen molar-refractivity contribution in [3.05, 3.63) is 30.1 Å². The zero-order valence-corrected chi connectivity index (χ0v) is 12.0. The number of hydrogen-bond donors (Lipinski definition) is 2. The number of esters is 2. The number of carbonyl (C=O) groups excluding carboxylic acids is 2. The van der Waals surface area contributed by atoms with Crippen molar-refractivity contribution in [2.75, 3.05) is 0 Å². The van der Waals surface area contributed by atoms with E-state index in [1.807, 2.05) is 0 Å². The molecule has 9 nitrogen and oxygen atoms in total. The van der Waals surface area contributed by atoms with Crippen molar-refractivity contribution >= 4 is 23.9 Å². The molecule has 2 N–H and O–H groups in total. The first-order chi connectivity index (χ1) is 10.9. The van der Waals surface area contributed by atoms with Gasteiger partial charge in [-0.05, 0) is 12.1 Å². The fourth-order valence-corrected chi connectivity index (χ4v) is 1.43. The molecule has 0 saturated carbocycles. The summed E-state index contributed by atoms with van der Waals surface area (Å²) in [5, 5.41) is 17.0. The number of carboxylic acid groups (broad SMARTS) is 2. The van der Waals surface area contributed by atoms with Gasteiger partial charge < -0.3 is 19.7 Å². The second kappa shape index (κ2) is 9.13. The van der Waals surface area contributed by atoms with E-state index in [0.717, 1.165) is 0 Å². The minimum Gasteiger partial charge on any atom is -0.481 e. The molecular formula is C14H15NO8. The summed E-state index contributed by atoms with van der Waals surface area (Å²) in [5.74, 6) is -4.10. The molecule has 0 saturated heterocycles. The van der Waals surface area contributed by atoms with E-state index in [4.69, 9.17) is 19.7 Å². The summed E-state index contributed by atoms with van der Waals surface area (Å²) in [5.41, 5.74) is 0.125. The molecule has 0 spiro atoms. The average Bonchev–Trinajstić information content (AvgIpc) is 2.51. The molecule has 9 heteroatoms. The largest absolute Gasteiger partial charge is 0.481 e. The Morgan fingerprint density at radius 1 is 0.913 bits per heavy atom. The molecule has 0 fully saturated rings. The number of nitrogens with zero attached hydrogens (tertiary/aromatic N) is 1. The summed E-state index contributed by atoms with van der Waals surface area (Å²) in [6.45, 7) is 0. The van der Waals surface area contributed by atoms with Crippen LogP contribution in [0.1, 0.15) is 37.7 Å². The number of carboxylic acids is 2. The van der Waals surface area contributed by atoms with E-state index in [1.165, 1.54) is 12.3 Å². The van der Waals surface area contributed by atoms with Crippen LogP contribution in [-0.4, -0.2) is 39.1 Å². The number of aromatic nitrogens is 1. The lowest BCUT2D eigenvalue weighted by Crippen LogP contribution is -2.20. The highest BCUT2D eigenvalue weighted by Gasteiger charge is 2.23. The third-order valence-corrected chi connectivity index (χ3v) is 2.49. The minimum atomic E-state index is -1.46. The molecule has 0 aliphatic rings. The molecular weight excluding hydrogens is 310 g/mol. The fourth-order valence-electron chi connectivity index (χ4n) is 1.43. The molecule has 1 aromatic heterocycles. The van der Waals surface area contributed by atoms with Gasteiger partial charge in [0.2, 0.25) is 0 Å². The summed E-state index contributed by atoms with van der Waals surface area (Å²) < 4.78 is 9.82. The van der Waals surface area contributed by atoms with E-state index in [2.05, 4.69) is 4.98 Å². The van der Waals surface area contributed by atoms with Crippen LogP contribution >= 0.6 is 0 Å². The normalized spacial score (nSPS) is 10.1. The number of carbonyl (C=O) groups is 4. The number of aliphatic carboxylic acids is 2. The molecule has 23 heavy (non-hydrogen) atoms. The van der Waals surface area contributed by atoms with Crippen molar-refractivity contribution in [3.63, 3.8) is 0 Å². The van der Waals surface area contributed by atoms with Crippen LogP contribution in [0.3, 0.4) is 0 Å². The number of hydrogen-bond acceptors (Lipinski definition) is 7. The minimum absolute atomic E-state index is 0.125. The first kappa shape index (κ1) is 18.1. The van der Waals surface area contributed by atoms with Crippen molar-refractivity contribution in [3.8, 4) is 0 Å². The van der Waals surface area contributed by atoms with Crippen molar-refractivity contribution in [1.82, 2.24) is 4.98 Å². The van der Waals surface area contributed by atoms with Gasteiger partial charge in [0.15, 0.2) is 0 Å². The molecule has 0 bridgehead atoms. The van der Waals surface area contributed by atoms with Crippen LogP contribution in [0.4, 0.5) is 0 Å². The first-order valence-corrected chi connectivity index (χ1v) is 6.62. The lowest BCUT2D eigenvalue weighted by Gasteiger charge is -2.17. The summed E-state index contributed by atoms with van der Waals surface area (Å²) >= 11 is 0. The lowest BCUT2D eigenvalue weighted by atomic mass is 10.3. The predicted octanol–water partition coefficient (Wildman–Crippen LogP) is 0.896. The Bertz CT molecular complexity index is 539. The van der Waals surface area contributed by atoms with E-state index in [0.29, 0.717) is 0 Å². The van der Waals surface area contributed by atoms with Gasteiger partial charge in [0.25, 0.3) is 6.29 Å². The zero-order valence-electron chi connectivity index (χ0n) is 12.0. The molecule has 124 valence electrons. The highest BCUT2D eigenvalue weighted by Crippen LogP contribution is 2.19. The number of pyridine rings is 1. The standard InChI is InChI=1S/C14H15NO8/c16-10(17)4-6-12(20)22-14(9-3-1-2-8-15-9)23-13(21)7-5-11(18)19/h1-3,8,14H,4-7H2,(H,16,17)(H,18,19). The summed E-state index contributed by atoms with van der Waals surface area (Å²) in [6.07, 6.45) is -1.73. The summed E-state index contributed by atoms with van der Waals surface area (Å²) in [6, 6.07) is 4.62. The van der Waals surface area contributed by atoms with Crippen molar-refractivity contribution in [2.24, 2.45) is 0 Å². The Morgan fingerprint density at radius 3 is 1.83 bits per heavy atom. The maximum atomic E-state index is 11.6. The second-order valence-corrected chi connectivity index (χ2v) is 4.35. The number of ether oxygens (including phenoxy) is 2. The SMILES string of the molecule is O=C(O)CCC(=O)OC(OC(=O)CCC(=O)O)c1ccccn1. The average molecular weight is 325 g/mol. The quantitative estimate of drug-likeness (QED) is 0.500.